The molecule has 3 atom stereocenters. The van der Waals surface area contributed by atoms with Crippen LogP contribution in [0.15, 0.2) is 0 Å². The van der Waals surface area contributed by atoms with Crippen LogP contribution in [-0.4, -0.2) is 40.5 Å². The summed E-state index contributed by atoms with van der Waals surface area (Å²) in [7, 11) is 0. The van der Waals surface area contributed by atoms with Gasteiger partial charge in [0.2, 0.25) is 0 Å². The molecule has 76 valence electrons. The summed E-state index contributed by atoms with van der Waals surface area (Å²) in [5.41, 5.74) is 0. The second-order valence-corrected chi connectivity index (χ2v) is 4.30. The summed E-state index contributed by atoms with van der Waals surface area (Å²) in [6, 6.07) is 0.447. The summed E-state index contributed by atoms with van der Waals surface area (Å²) in [5, 5.41) is 19.0. The van der Waals surface area contributed by atoms with E-state index in [0.717, 1.165) is 25.8 Å². The van der Waals surface area contributed by atoms with Gasteiger partial charge in [-0.15, -0.1) is 0 Å². The molecule has 3 heteroatoms. The molecule has 2 heterocycles. The van der Waals surface area contributed by atoms with Crippen LogP contribution in [0.2, 0.25) is 0 Å². The molecular weight excluding hydrogens is 166 g/mol. The van der Waals surface area contributed by atoms with E-state index >= 15 is 0 Å². The number of fused-ring (bicyclic) bond motifs is 1. The molecule has 2 N–H and O–H groups in total. The summed E-state index contributed by atoms with van der Waals surface area (Å²) in [6.45, 7) is 1.30. The Balaban J connectivity index is 2.05. The first-order valence-corrected chi connectivity index (χ1v) is 5.37. The summed E-state index contributed by atoms with van der Waals surface area (Å²) in [6.07, 6.45) is 5.19. The van der Waals surface area contributed by atoms with Crippen molar-refractivity contribution in [2.45, 2.75) is 44.4 Å². The monoisotopic (exact) mass is 185 g/mol. The van der Waals surface area contributed by atoms with Crippen LogP contribution in [0.25, 0.3) is 0 Å². The van der Waals surface area contributed by atoms with E-state index in [0.29, 0.717) is 12.0 Å². The van der Waals surface area contributed by atoms with Crippen LogP contribution in [0.3, 0.4) is 0 Å². The zero-order chi connectivity index (χ0) is 9.26. The summed E-state index contributed by atoms with van der Waals surface area (Å²) >= 11 is 0. The van der Waals surface area contributed by atoms with Gasteiger partial charge in [-0.2, -0.15) is 0 Å². The molecule has 0 aliphatic carbocycles. The van der Waals surface area contributed by atoms with Crippen molar-refractivity contribution in [3.05, 3.63) is 0 Å². The molecule has 0 spiro atoms. The highest BCUT2D eigenvalue weighted by molar-refractivity contribution is 4.88. The van der Waals surface area contributed by atoms with Crippen molar-refractivity contribution in [3.63, 3.8) is 0 Å². The van der Waals surface area contributed by atoms with E-state index < -0.39 is 0 Å². The number of aliphatic hydroxyl groups excluding tert-OH is 2. The first kappa shape index (κ1) is 9.44. The van der Waals surface area contributed by atoms with Crippen LogP contribution in [0.1, 0.15) is 32.1 Å². The number of nitrogens with zero attached hydrogens (tertiary/aromatic N) is 1. The molecule has 0 radical (unpaired) electrons. The molecule has 2 rings (SSSR count). The van der Waals surface area contributed by atoms with E-state index in [-0.39, 0.29) is 12.8 Å². The van der Waals surface area contributed by atoms with Crippen molar-refractivity contribution in [2.75, 3.05) is 13.2 Å². The number of aliphatic hydroxyl groups is 2. The summed E-state index contributed by atoms with van der Waals surface area (Å²) < 4.78 is 0. The molecule has 0 unspecified atom stereocenters. The lowest BCUT2D eigenvalue weighted by Crippen LogP contribution is -2.54. The van der Waals surface area contributed by atoms with E-state index in [1.54, 1.807) is 0 Å². The topological polar surface area (TPSA) is 43.7 Å². The average molecular weight is 185 g/mol. The lowest BCUT2D eigenvalue weighted by atomic mass is 9.83. The van der Waals surface area contributed by atoms with Crippen molar-refractivity contribution in [2.24, 2.45) is 5.92 Å². The first-order valence-electron chi connectivity index (χ1n) is 5.37. The van der Waals surface area contributed by atoms with Crippen LogP contribution < -0.4 is 0 Å². The number of hydrogen-bond acceptors (Lipinski definition) is 3. The molecule has 2 aliphatic heterocycles. The Kier molecular flexibility index (Phi) is 2.86. The zero-order valence-electron chi connectivity index (χ0n) is 8.02. The van der Waals surface area contributed by atoms with Gasteiger partial charge in [-0.1, -0.05) is 6.42 Å². The Hall–Kier alpha value is -0.120. The number of piperidine rings is 2. The SMILES string of the molecule is OC[C@H]1CC[C@H](O)N2CCCC[C@@H]12. The molecule has 2 saturated heterocycles. The standard InChI is InChI=1S/C10H19NO2/c12-7-8-4-5-10(13)11-6-2-1-3-9(8)11/h8-10,12-13H,1-7H2/t8-,9+,10+/m1/s1. The molecule has 0 bridgehead atoms. The second kappa shape index (κ2) is 3.95. The minimum Gasteiger partial charge on any atom is -0.396 e. The molecule has 13 heavy (non-hydrogen) atoms. The number of rotatable bonds is 1. The van der Waals surface area contributed by atoms with Gasteiger partial charge in [-0.3, -0.25) is 4.90 Å². The maximum absolute atomic E-state index is 9.76. The molecule has 2 fully saturated rings. The predicted octanol–water partition coefficient (Wildman–Crippen LogP) is 0.562. The van der Waals surface area contributed by atoms with Crippen LogP contribution in [0.5, 0.6) is 0 Å². The van der Waals surface area contributed by atoms with Gasteiger partial charge in [0.05, 0.1) is 0 Å². The summed E-state index contributed by atoms with van der Waals surface area (Å²) in [5.74, 6) is 0.406. The fourth-order valence-electron chi connectivity index (χ4n) is 2.79. The van der Waals surface area contributed by atoms with Crippen LogP contribution in [0.4, 0.5) is 0 Å². The highest BCUT2D eigenvalue weighted by Crippen LogP contribution is 2.32. The van der Waals surface area contributed by atoms with E-state index in [4.69, 9.17) is 0 Å². The Morgan fingerprint density at radius 1 is 1.15 bits per heavy atom. The fourth-order valence-corrected chi connectivity index (χ4v) is 2.79. The van der Waals surface area contributed by atoms with Gasteiger partial charge in [0, 0.05) is 19.2 Å². The maximum atomic E-state index is 9.76. The molecule has 0 amide bonds. The Morgan fingerprint density at radius 2 is 2.00 bits per heavy atom. The van der Waals surface area contributed by atoms with E-state index in [9.17, 15) is 10.2 Å². The molecule has 2 aliphatic rings. The van der Waals surface area contributed by atoms with E-state index in [1.807, 2.05) is 0 Å². The van der Waals surface area contributed by atoms with Crippen molar-refractivity contribution >= 4 is 0 Å². The van der Waals surface area contributed by atoms with Gasteiger partial charge in [0.1, 0.15) is 6.23 Å². The Labute approximate surface area is 79.4 Å². The molecule has 0 aromatic carbocycles. The van der Waals surface area contributed by atoms with Gasteiger partial charge in [-0.05, 0) is 31.6 Å². The fraction of sp³-hybridized carbons (Fsp3) is 1.00. The van der Waals surface area contributed by atoms with Crippen molar-refractivity contribution < 1.29 is 10.2 Å². The van der Waals surface area contributed by atoms with Gasteiger partial charge in [-0.25, -0.2) is 0 Å². The number of hydrogen-bond donors (Lipinski definition) is 2. The zero-order valence-corrected chi connectivity index (χ0v) is 8.02. The lowest BCUT2D eigenvalue weighted by Gasteiger charge is -2.46. The van der Waals surface area contributed by atoms with E-state index in [2.05, 4.69) is 4.90 Å². The van der Waals surface area contributed by atoms with Crippen molar-refractivity contribution in [1.82, 2.24) is 4.90 Å². The highest BCUT2D eigenvalue weighted by atomic mass is 16.3. The molecule has 0 aromatic heterocycles. The van der Waals surface area contributed by atoms with Gasteiger partial charge >= 0.3 is 0 Å². The highest BCUT2D eigenvalue weighted by Gasteiger charge is 2.36. The van der Waals surface area contributed by atoms with Gasteiger partial charge in [0.25, 0.3) is 0 Å². The third-order valence-corrected chi connectivity index (χ3v) is 3.55. The molecule has 0 saturated carbocycles. The quantitative estimate of drug-likeness (QED) is 0.627. The smallest absolute Gasteiger partial charge is 0.107 e. The van der Waals surface area contributed by atoms with E-state index in [1.165, 1.54) is 12.8 Å². The van der Waals surface area contributed by atoms with Crippen molar-refractivity contribution in [1.29, 1.82) is 0 Å². The molecule has 3 nitrogen and oxygen atoms in total. The molecule has 0 aromatic rings. The minimum atomic E-state index is -0.243. The molecular formula is C10H19NO2. The normalized spacial score (nSPS) is 41.5. The van der Waals surface area contributed by atoms with Crippen molar-refractivity contribution in [3.8, 4) is 0 Å². The second-order valence-electron chi connectivity index (χ2n) is 4.30. The van der Waals surface area contributed by atoms with Gasteiger partial charge in [0.15, 0.2) is 0 Å². The van der Waals surface area contributed by atoms with Gasteiger partial charge < -0.3 is 10.2 Å². The first-order chi connectivity index (χ1) is 6.33. The van der Waals surface area contributed by atoms with Crippen LogP contribution in [0, 0.1) is 5.92 Å². The average Bonchev–Trinajstić information content (AvgIpc) is 2.19. The Morgan fingerprint density at radius 3 is 2.77 bits per heavy atom. The van der Waals surface area contributed by atoms with Crippen LogP contribution >= 0.6 is 0 Å². The summed E-state index contributed by atoms with van der Waals surface area (Å²) in [4.78, 5) is 2.19. The maximum Gasteiger partial charge on any atom is 0.107 e. The third-order valence-electron chi connectivity index (χ3n) is 3.55. The van der Waals surface area contributed by atoms with Crippen LogP contribution in [-0.2, 0) is 0 Å². The third kappa shape index (κ3) is 1.73. The largest absolute Gasteiger partial charge is 0.396 e. The lowest BCUT2D eigenvalue weighted by molar-refractivity contribution is -0.100. The Bertz CT molecular complexity index is 174. The predicted molar refractivity (Wildman–Crippen MR) is 50.2 cm³/mol. The minimum absolute atomic E-state index is 0.243.